The van der Waals surface area contributed by atoms with Crippen molar-refractivity contribution in [3.05, 3.63) is 89.6 Å². The van der Waals surface area contributed by atoms with Crippen LogP contribution in [0.4, 0.5) is 10.6 Å². The summed E-state index contributed by atoms with van der Waals surface area (Å²) < 4.78 is 5.53. The van der Waals surface area contributed by atoms with E-state index >= 15 is 0 Å². The van der Waals surface area contributed by atoms with Gasteiger partial charge in [0.05, 0.1) is 0 Å². The van der Waals surface area contributed by atoms with E-state index in [2.05, 4.69) is 40.0 Å². The van der Waals surface area contributed by atoms with E-state index in [0.29, 0.717) is 25.4 Å². The third-order valence-corrected chi connectivity index (χ3v) is 5.17. The first-order valence-corrected chi connectivity index (χ1v) is 9.94. The minimum Gasteiger partial charge on any atom is -0.449 e. The topological polar surface area (TPSA) is 89.3 Å². The van der Waals surface area contributed by atoms with Gasteiger partial charge in [-0.3, -0.25) is 0 Å². The molecule has 0 unspecified atom stereocenters. The Balaban J connectivity index is 1.26. The highest BCUT2D eigenvalue weighted by molar-refractivity contribution is 5.79. The second-order valence-corrected chi connectivity index (χ2v) is 7.06. The van der Waals surface area contributed by atoms with Gasteiger partial charge < -0.3 is 15.5 Å². The summed E-state index contributed by atoms with van der Waals surface area (Å²) in [7, 11) is 0. The molecule has 0 bridgehead atoms. The van der Waals surface area contributed by atoms with Gasteiger partial charge in [-0.1, -0.05) is 60.7 Å². The van der Waals surface area contributed by atoms with Crippen LogP contribution >= 0.6 is 0 Å². The third-order valence-electron chi connectivity index (χ3n) is 5.17. The van der Waals surface area contributed by atoms with Crippen LogP contribution in [0.15, 0.2) is 72.9 Å². The predicted octanol–water partition coefficient (Wildman–Crippen LogP) is 4.31. The number of ether oxygens (including phenoxy) is 1. The quantitative estimate of drug-likeness (QED) is 0.312. The summed E-state index contributed by atoms with van der Waals surface area (Å²) in [6.07, 6.45) is 5.96. The zero-order valence-electron chi connectivity index (χ0n) is 16.5. The van der Waals surface area contributed by atoms with Crippen LogP contribution in [-0.2, 0) is 4.74 Å². The van der Waals surface area contributed by atoms with Crippen LogP contribution in [0.25, 0.3) is 17.2 Å². The molecule has 1 aromatic heterocycles. The Morgan fingerprint density at radius 2 is 1.73 bits per heavy atom. The largest absolute Gasteiger partial charge is 0.449 e. The Hall–Kier alpha value is -3.64. The Morgan fingerprint density at radius 1 is 1.03 bits per heavy atom. The highest BCUT2D eigenvalue weighted by atomic mass is 16.5. The highest BCUT2D eigenvalue weighted by Crippen LogP contribution is 2.44. The number of alkyl carbamates (subject to hydrolysis) is 1. The maximum atomic E-state index is 12.1. The van der Waals surface area contributed by atoms with Gasteiger partial charge in [-0.25, -0.2) is 15.6 Å². The molecule has 1 heterocycles. The minimum atomic E-state index is -0.398. The minimum absolute atomic E-state index is 0.0709. The Morgan fingerprint density at radius 3 is 2.37 bits per heavy atom. The van der Waals surface area contributed by atoms with Crippen molar-refractivity contribution >= 4 is 18.0 Å². The van der Waals surface area contributed by atoms with Crippen molar-refractivity contribution < 1.29 is 9.53 Å². The van der Waals surface area contributed by atoms with E-state index in [0.717, 1.165) is 5.56 Å². The fourth-order valence-corrected chi connectivity index (χ4v) is 3.72. The highest BCUT2D eigenvalue weighted by Gasteiger charge is 2.28. The zero-order chi connectivity index (χ0) is 20.8. The van der Waals surface area contributed by atoms with Crippen molar-refractivity contribution in [2.75, 3.05) is 18.6 Å². The van der Waals surface area contributed by atoms with Crippen molar-refractivity contribution in [2.24, 2.45) is 5.84 Å². The molecule has 6 nitrogen and oxygen atoms in total. The average molecular weight is 400 g/mol. The van der Waals surface area contributed by atoms with Gasteiger partial charge in [-0.15, -0.1) is 0 Å². The van der Waals surface area contributed by atoms with Gasteiger partial charge >= 0.3 is 6.09 Å². The number of carbonyl (C=O) groups excluding carboxylic acids is 1. The monoisotopic (exact) mass is 400 g/mol. The van der Waals surface area contributed by atoms with E-state index in [9.17, 15) is 4.79 Å². The van der Waals surface area contributed by atoms with Crippen molar-refractivity contribution in [1.82, 2.24) is 10.3 Å². The first kappa shape index (κ1) is 19.7. The summed E-state index contributed by atoms with van der Waals surface area (Å²) in [6, 6.07) is 20.3. The first-order valence-electron chi connectivity index (χ1n) is 9.94. The number of hydrazine groups is 1. The van der Waals surface area contributed by atoms with Gasteiger partial charge in [0.1, 0.15) is 12.4 Å². The number of nitrogens with zero attached hydrogens (tertiary/aromatic N) is 1. The molecule has 0 spiro atoms. The summed E-state index contributed by atoms with van der Waals surface area (Å²) >= 11 is 0. The van der Waals surface area contributed by atoms with Crippen LogP contribution in [0.1, 0.15) is 29.0 Å². The van der Waals surface area contributed by atoms with Crippen molar-refractivity contribution in [2.45, 2.75) is 12.3 Å². The van der Waals surface area contributed by atoms with Crippen molar-refractivity contribution in [1.29, 1.82) is 0 Å². The van der Waals surface area contributed by atoms with E-state index < -0.39 is 6.09 Å². The van der Waals surface area contributed by atoms with E-state index in [4.69, 9.17) is 10.6 Å². The summed E-state index contributed by atoms with van der Waals surface area (Å²) in [4.78, 5) is 16.3. The Kier molecular flexibility index (Phi) is 6.06. The molecule has 0 saturated carbocycles. The SMILES string of the molecule is NNc1ccc(C=CCCNC(=O)OCC2c3ccccc3-c3ccccc32)cn1. The van der Waals surface area contributed by atoms with Crippen LogP contribution < -0.4 is 16.6 Å². The normalized spacial score (nSPS) is 12.4. The average Bonchev–Trinajstić information content (AvgIpc) is 3.12. The van der Waals surface area contributed by atoms with Gasteiger partial charge in [-0.05, 0) is 46.4 Å². The number of nitrogens with two attached hydrogens (primary N) is 1. The van der Waals surface area contributed by atoms with Crippen LogP contribution in [0.2, 0.25) is 0 Å². The van der Waals surface area contributed by atoms with Crippen LogP contribution in [0.3, 0.4) is 0 Å². The molecule has 0 fully saturated rings. The van der Waals surface area contributed by atoms with E-state index in [1.165, 1.54) is 22.3 Å². The van der Waals surface area contributed by atoms with E-state index in [1.807, 2.05) is 42.5 Å². The molecule has 0 saturated heterocycles. The number of hydrogen-bond donors (Lipinski definition) is 3. The summed E-state index contributed by atoms with van der Waals surface area (Å²) in [5.74, 6) is 5.98. The lowest BCUT2D eigenvalue weighted by Gasteiger charge is -2.14. The van der Waals surface area contributed by atoms with Crippen LogP contribution in [0, 0.1) is 0 Å². The Bertz CT molecular complexity index is 1000. The van der Waals surface area contributed by atoms with Crippen molar-refractivity contribution in [3.63, 3.8) is 0 Å². The Labute approximate surface area is 175 Å². The number of nitrogens with one attached hydrogen (secondary N) is 2. The zero-order valence-corrected chi connectivity index (χ0v) is 16.5. The fourth-order valence-electron chi connectivity index (χ4n) is 3.72. The number of hydrogen-bond acceptors (Lipinski definition) is 5. The lowest BCUT2D eigenvalue weighted by Crippen LogP contribution is -2.26. The smallest absolute Gasteiger partial charge is 0.407 e. The lowest BCUT2D eigenvalue weighted by molar-refractivity contribution is 0.143. The predicted molar refractivity (Wildman–Crippen MR) is 119 cm³/mol. The molecule has 152 valence electrons. The van der Waals surface area contributed by atoms with Gasteiger partial charge in [0.15, 0.2) is 0 Å². The van der Waals surface area contributed by atoms with Gasteiger partial charge in [0.25, 0.3) is 0 Å². The molecule has 1 aliphatic carbocycles. The first-order chi connectivity index (χ1) is 14.8. The second kappa shape index (κ2) is 9.24. The fraction of sp³-hybridized carbons (Fsp3) is 0.167. The maximum absolute atomic E-state index is 12.1. The molecule has 2 aromatic carbocycles. The molecule has 4 N–H and O–H groups in total. The number of fused-ring (bicyclic) bond motifs is 3. The van der Waals surface area contributed by atoms with Crippen molar-refractivity contribution in [3.8, 4) is 11.1 Å². The molecule has 3 aromatic rings. The van der Waals surface area contributed by atoms with E-state index in [1.54, 1.807) is 12.3 Å². The molecular formula is C24H24N4O2. The maximum Gasteiger partial charge on any atom is 0.407 e. The number of anilines is 1. The molecule has 6 heteroatoms. The molecule has 0 atom stereocenters. The number of amides is 1. The summed E-state index contributed by atoms with van der Waals surface area (Å²) in [6.45, 7) is 0.825. The van der Waals surface area contributed by atoms with Gasteiger partial charge in [0.2, 0.25) is 0 Å². The number of rotatable bonds is 7. The third kappa shape index (κ3) is 4.34. The lowest BCUT2D eigenvalue weighted by atomic mass is 9.98. The van der Waals surface area contributed by atoms with Crippen LogP contribution in [-0.4, -0.2) is 24.2 Å². The molecule has 1 aliphatic rings. The van der Waals surface area contributed by atoms with Crippen LogP contribution in [0.5, 0.6) is 0 Å². The number of carbonyl (C=O) groups is 1. The second-order valence-electron chi connectivity index (χ2n) is 7.06. The molecule has 0 aliphatic heterocycles. The number of pyridine rings is 1. The molecule has 4 rings (SSSR count). The molecule has 30 heavy (non-hydrogen) atoms. The molecule has 1 amide bonds. The number of nitrogen functional groups attached to an aromatic ring is 1. The molecular weight excluding hydrogens is 376 g/mol. The van der Waals surface area contributed by atoms with Gasteiger partial charge in [-0.2, -0.15) is 0 Å². The number of aromatic nitrogens is 1. The van der Waals surface area contributed by atoms with Gasteiger partial charge in [0, 0.05) is 18.7 Å². The van der Waals surface area contributed by atoms with E-state index in [-0.39, 0.29) is 5.92 Å². The number of benzene rings is 2. The summed E-state index contributed by atoms with van der Waals surface area (Å²) in [5, 5.41) is 2.80. The standard InChI is InChI=1S/C24H24N4O2/c25-28-23-13-12-17(15-27-23)7-5-6-14-26-24(29)30-16-22-20-10-3-1-8-18(20)19-9-2-4-11-21(19)22/h1-5,7-13,15,22H,6,14,16,25H2,(H,26,29)(H,27,28). The summed E-state index contributed by atoms with van der Waals surface area (Å²) in [5.41, 5.74) is 8.31. The molecule has 0 radical (unpaired) electrons.